The lowest BCUT2D eigenvalue weighted by Crippen LogP contribution is -2.39. The number of carbonyl (C=O) groups is 1. The molecule has 15 heteroatoms. The number of amides is 2. The fourth-order valence-electron chi connectivity index (χ4n) is 5.23. The molecule has 0 saturated carbocycles. The minimum absolute atomic E-state index is 0.255. The van der Waals surface area contributed by atoms with E-state index in [0.717, 1.165) is 25.8 Å². The lowest BCUT2D eigenvalue weighted by Gasteiger charge is -2.17. The number of aromatic nitrogens is 2. The van der Waals surface area contributed by atoms with Gasteiger partial charge < -0.3 is 21.4 Å². The Morgan fingerprint density at radius 3 is 2.37 bits per heavy atom. The van der Waals surface area contributed by atoms with E-state index in [-0.39, 0.29) is 28.4 Å². The highest BCUT2D eigenvalue weighted by Crippen LogP contribution is 2.38. The number of rotatable bonds is 12. The van der Waals surface area contributed by atoms with E-state index in [1.807, 2.05) is 31.0 Å². The molecule has 0 spiro atoms. The number of anilines is 1. The Kier molecular flexibility index (Phi) is 11.7. The number of hydrogen-bond acceptors (Lipinski definition) is 8. The lowest BCUT2D eigenvalue weighted by molar-refractivity contribution is 0.252. The van der Waals surface area contributed by atoms with E-state index in [9.17, 15) is 14.4 Å². The molecule has 2 aromatic heterocycles. The summed E-state index contributed by atoms with van der Waals surface area (Å²) >= 11 is 3.32. The van der Waals surface area contributed by atoms with Crippen LogP contribution >= 0.6 is 33.9 Å². The molecule has 0 radical (unpaired) electrons. The maximum absolute atomic E-state index is 15.0. The Morgan fingerprint density at radius 2 is 1.71 bits per heavy atom. The molecule has 0 fully saturated rings. The van der Waals surface area contributed by atoms with E-state index in [1.165, 1.54) is 34.4 Å². The molecule has 0 saturated heterocycles. The maximum atomic E-state index is 15.0. The SMILES string of the molecule is CCNC(=O)Nc1ccc(-c2sc3c(c2CN(C)CCN=CC=NN)c(=O)n(-c2ccc(I)cc2)c(=O)n3Cc2c(F)cccc2F)cc1. The van der Waals surface area contributed by atoms with Crippen molar-refractivity contribution < 1.29 is 13.6 Å². The van der Waals surface area contributed by atoms with E-state index in [2.05, 4.69) is 43.3 Å². The van der Waals surface area contributed by atoms with Gasteiger partial charge in [-0.1, -0.05) is 18.2 Å². The van der Waals surface area contributed by atoms with Crippen LogP contribution < -0.4 is 27.7 Å². The largest absolute Gasteiger partial charge is 0.338 e. The fourth-order valence-corrected chi connectivity index (χ4v) is 6.89. The second-order valence-electron chi connectivity index (χ2n) is 10.9. The predicted molar refractivity (Wildman–Crippen MR) is 200 cm³/mol. The van der Waals surface area contributed by atoms with E-state index in [1.54, 1.807) is 36.4 Å². The van der Waals surface area contributed by atoms with Gasteiger partial charge in [-0.2, -0.15) is 5.10 Å². The minimum atomic E-state index is -0.806. The summed E-state index contributed by atoms with van der Waals surface area (Å²) in [5, 5.41) is 9.11. The first kappa shape index (κ1) is 35.6. The third kappa shape index (κ3) is 8.12. The molecule has 3 aromatic carbocycles. The fraction of sp³-hybridized carbons (Fsp3) is 0.206. The number of halogens is 3. The normalized spacial score (nSPS) is 11.7. The van der Waals surface area contributed by atoms with Gasteiger partial charge in [0.2, 0.25) is 0 Å². The van der Waals surface area contributed by atoms with Gasteiger partial charge in [-0.05, 0) is 96.2 Å². The van der Waals surface area contributed by atoms with Crippen LogP contribution in [0.1, 0.15) is 18.1 Å². The van der Waals surface area contributed by atoms with Gasteiger partial charge in [-0.3, -0.25) is 14.4 Å². The zero-order valence-electron chi connectivity index (χ0n) is 26.6. The standard InChI is InChI=1S/C34H33F2IN8O3S/c1-3-40-33(47)42-23-11-7-21(8-12-23)30-26(19-43(2)18-17-39-15-16-41-38)29-31(46)45(24-13-9-22(37)10-14-24)34(48)44(32(29)49-30)20-25-27(35)5-4-6-28(25)36/h4-16H,3,17-20,38H2,1-2H3,(H2,40,42,47). The van der Waals surface area contributed by atoms with Crippen molar-refractivity contribution in [2.45, 2.75) is 20.0 Å². The first-order valence-corrected chi connectivity index (χ1v) is 17.1. The molecule has 5 aromatic rings. The molecule has 0 aliphatic heterocycles. The Labute approximate surface area is 297 Å². The third-order valence-corrected chi connectivity index (χ3v) is 9.60. The molecular formula is C34H33F2IN8O3S. The van der Waals surface area contributed by atoms with Crippen molar-refractivity contribution in [2.75, 3.05) is 32.0 Å². The number of nitrogens with two attached hydrogens (primary N) is 1. The zero-order valence-corrected chi connectivity index (χ0v) is 29.6. The molecule has 49 heavy (non-hydrogen) atoms. The van der Waals surface area contributed by atoms with Gasteiger partial charge in [-0.15, -0.1) is 11.3 Å². The Bertz CT molecular complexity index is 2120. The van der Waals surface area contributed by atoms with Crippen LogP contribution in [0.25, 0.3) is 26.3 Å². The second-order valence-corrected chi connectivity index (χ2v) is 13.2. The summed E-state index contributed by atoms with van der Waals surface area (Å²) in [5.41, 5.74) is 0.652. The molecule has 254 valence electrons. The monoisotopic (exact) mass is 798 g/mol. The van der Waals surface area contributed by atoms with Gasteiger partial charge >= 0.3 is 11.7 Å². The van der Waals surface area contributed by atoms with Gasteiger partial charge in [0.1, 0.15) is 16.5 Å². The predicted octanol–water partition coefficient (Wildman–Crippen LogP) is 5.40. The molecular weight excluding hydrogens is 765 g/mol. The number of nitrogens with zero attached hydrogens (tertiary/aromatic N) is 5. The maximum Gasteiger partial charge on any atom is 0.337 e. The first-order valence-electron chi connectivity index (χ1n) is 15.2. The van der Waals surface area contributed by atoms with Crippen molar-refractivity contribution in [2.24, 2.45) is 15.9 Å². The van der Waals surface area contributed by atoms with Crippen molar-refractivity contribution in [3.05, 3.63) is 114 Å². The summed E-state index contributed by atoms with van der Waals surface area (Å²) in [6, 6.07) is 17.1. The van der Waals surface area contributed by atoms with E-state index < -0.39 is 29.4 Å². The van der Waals surface area contributed by atoms with Gasteiger partial charge in [0.05, 0.1) is 30.4 Å². The molecule has 0 aliphatic rings. The minimum Gasteiger partial charge on any atom is -0.338 e. The average molecular weight is 799 g/mol. The summed E-state index contributed by atoms with van der Waals surface area (Å²) in [6.45, 7) is 3.04. The smallest absolute Gasteiger partial charge is 0.337 e. The van der Waals surface area contributed by atoms with Crippen molar-refractivity contribution in [3.63, 3.8) is 0 Å². The van der Waals surface area contributed by atoms with Crippen LogP contribution in [0.15, 0.2) is 86.4 Å². The van der Waals surface area contributed by atoms with Crippen molar-refractivity contribution >= 4 is 68.3 Å². The number of nitrogens with one attached hydrogen (secondary N) is 2. The van der Waals surface area contributed by atoms with Crippen LogP contribution in [0.2, 0.25) is 0 Å². The van der Waals surface area contributed by atoms with E-state index >= 15 is 8.78 Å². The lowest BCUT2D eigenvalue weighted by atomic mass is 10.1. The number of urea groups is 1. The molecule has 0 bridgehead atoms. The number of hydrazone groups is 1. The molecule has 2 heterocycles. The van der Waals surface area contributed by atoms with E-state index in [0.29, 0.717) is 41.4 Å². The number of fused-ring (bicyclic) bond motifs is 1. The highest BCUT2D eigenvalue weighted by Gasteiger charge is 2.25. The van der Waals surface area contributed by atoms with Crippen LogP contribution in [0.5, 0.6) is 0 Å². The average Bonchev–Trinajstić information content (AvgIpc) is 3.44. The molecule has 4 N–H and O–H groups in total. The highest BCUT2D eigenvalue weighted by atomic mass is 127. The van der Waals surface area contributed by atoms with Gasteiger partial charge in [0.15, 0.2) is 0 Å². The zero-order chi connectivity index (χ0) is 35.1. The van der Waals surface area contributed by atoms with Crippen molar-refractivity contribution in [3.8, 4) is 16.1 Å². The Balaban J connectivity index is 1.75. The molecule has 0 unspecified atom stereocenters. The molecule has 0 aliphatic carbocycles. The summed E-state index contributed by atoms with van der Waals surface area (Å²) in [5.74, 6) is 3.53. The molecule has 5 rings (SSSR count). The summed E-state index contributed by atoms with van der Waals surface area (Å²) in [4.78, 5) is 48.0. The van der Waals surface area contributed by atoms with E-state index in [4.69, 9.17) is 5.84 Å². The van der Waals surface area contributed by atoms with Crippen molar-refractivity contribution in [1.82, 2.24) is 19.4 Å². The highest BCUT2D eigenvalue weighted by molar-refractivity contribution is 14.1. The Morgan fingerprint density at radius 1 is 1.02 bits per heavy atom. The summed E-state index contributed by atoms with van der Waals surface area (Å²) in [6.07, 6.45) is 2.87. The van der Waals surface area contributed by atoms with Crippen LogP contribution in [-0.4, -0.2) is 59.2 Å². The number of thiophene rings is 1. The Hall–Kier alpha value is -4.74. The number of hydrogen-bond donors (Lipinski definition) is 3. The number of likely N-dealkylation sites (N-methyl/N-ethyl adjacent to an activating group) is 1. The second kappa shape index (κ2) is 16.1. The van der Waals surface area contributed by atoms with Crippen LogP contribution in [0, 0.1) is 15.2 Å². The topological polar surface area (TPSA) is 139 Å². The van der Waals surface area contributed by atoms with Crippen LogP contribution in [0.4, 0.5) is 19.3 Å². The van der Waals surface area contributed by atoms with Gasteiger partial charge in [-0.25, -0.2) is 22.9 Å². The van der Waals surface area contributed by atoms with Crippen LogP contribution in [-0.2, 0) is 13.1 Å². The van der Waals surface area contributed by atoms with Crippen molar-refractivity contribution in [1.29, 1.82) is 0 Å². The summed E-state index contributed by atoms with van der Waals surface area (Å²) in [7, 11) is 1.88. The number of aliphatic imine (C=N–C) groups is 1. The molecule has 11 nitrogen and oxygen atoms in total. The van der Waals surface area contributed by atoms with Gasteiger partial charge in [0, 0.05) is 45.5 Å². The van der Waals surface area contributed by atoms with Gasteiger partial charge in [0.25, 0.3) is 5.56 Å². The quantitative estimate of drug-likeness (QED) is 0.0672. The number of benzene rings is 3. The number of carbonyl (C=O) groups excluding carboxylic acids is 1. The summed E-state index contributed by atoms with van der Waals surface area (Å²) < 4.78 is 33.2. The molecule has 0 atom stereocenters. The molecule has 2 amide bonds. The van der Waals surface area contributed by atoms with Crippen LogP contribution in [0.3, 0.4) is 0 Å². The first-order chi connectivity index (χ1) is 23.6. The third-order valence-electron chi connectivity index (χ3n) is 7.57.